The molecule has 0 spiro atoms. The number of hydrogen-bond acceptors (Lipinski definition) is 12. The molecule has 2 unspecified atom stereocenters. The summed E-state index contributed by atoms with van der Waals surface area (Å²) in [4.78, 5) is 18.3. The number of benzene rings is 1. The number of ether oxygens (including phenoxy) is 2. The van der Waals surface area contributed by atoms with Gasteiger partial charge in [0.25, 0.3) is 10.0 Å². The van der Waals surface area contributed by atoms with E-state index >= 15 is 8.42 Å². The van der Waals surface area contributed by atoms with Crippen LogP contribution in [0.3, 0.4) is 0 Å². The number of nitrogens with zero attached hydrogens (tertiary/aromatic N) is 6. The van der Waals surface area contributed by atoms with Gasteiger partial charge in [0.1, 0.15) is 18.6 Å². The van der Waals surface area contributed by atoms with Gasteiger partial charge < -0.3 is 25.4 Å². The minimum atomic E-state index is -4.22. The molecule has 12 nitrogen and oxygen atoms in total. The van der Waals surface area contributed by atoms with E-state index in [1.807, 2.05) is 0 Å². The number of hydrogen-bond donors (Lipinski definition) is 2. The molecule has 16 heteroatoms. The monoisotopic (exact) mass is 686 g/mol. The Bertz CT molecular complexity index is 1880. The van der Waals surface area contributed by atoms with Crippen LogP contribution in [0.4, 0.5) is 19.7 Å². The highest BCUT2D eigenvalue weighted by Gasteiger charge is 2.50. The molecule has 0 radical (unpaired) electrons. The molecular formula is C31H36F2N8O4S2. The second-order valence-electron chi connectivity index (χ2n) is 13.6. The number of nitrogens with one attached hydrogen (secondary N) is 1. The van der Waals surface area contributed by atoms with E-state index in [9.17, 15) is 8.78 Å². The average molecular weight is 687 g/mol. The summed E-state index contributed by atoms with van der Waals surface area (Å²) in [5.41, 5.74) is 6.93. The number of aromatic nitrogens is 3. The van der Waals surface area contributed by atoms with E-state index in [1.165, 1.54) is 10.4 Å². The molecule has 4 saturated heterocycles. The number of halogens is 2. The van der Waals surface area contributed by atoms with E-state index in [0.717, 1.165) is 37.1 Å². The number of fused-ring (bicyclic) bond motifs is 5. The van der Waals surface area contributed by atoms with Crippen LogP contribution in [0.2, 0.25) is 0 Å². The Kier molecular flexibility index (Phi) is 6.95. The minimum Gasteiger partial charge on any atom is -0.461 e. The summed E-state index contributed by atoms with van der Waals surface area (Å²) in [5.74, 6) is -0.175. The van der Waals surface area contributed by atoms with Gasteiger partial charge in [-0.2, -0.15) is 9.97 Å². The van der Waals surface area contributed by atoms with Gasteiger partial charge in [-0.15, -0.1) is 0 Å². The summed E-state index contributed by atoms with van der Waals surface area (Å²) in [7, 11) is -4.22. The molecule has 1 saturated carbocycles. The summed E-state index contributed by atoms with van der Waals surface area (Å²) in [6.45, 7) is 3.46. The first-order valence-corrected chi connectivity index (χ1v) is 18.6. The first kappa shape index (κ1) is 29.9. The van der Waals surface area contributed by atoms with Crippen molar-refractivity contribution in [3.05, 3.63) is 29.2 Å². The minimum absolute atomic E-state index is 0.0285. The van der Waals surface area contributed by atoms with Crippen LogP contribution in [-0.4, -0.2) is 108 Å². The van der Waals surface area contributed by atoms with Gasteiger partial charge in [-0.05, 0) is 56.9 Å². The van der Waals surface area contributed by atoms with Gasteiger partial charge in [0.05, 0.1) is 52.4 Å². The fourth-order valence-corrected chi connectivity index (χ4v) is 11.1. The summed E-state index contributed by atoms with van der Waals surface area (Å²) in [6, 6.07) is 2.36. The molecule has 5 aliphatic heterocycles. The third kappa shape index (κ3) is 4.65. The Morgan fingerprint density at radius 3 is 2.70 bits per heavy atom. The van der Waals surface area contributed by atoms with E-state index in [2.05, 4.69) is 20.1 Å². The third-order valence-corrected chi connectivity index (χ3v) is 13.5. The van der Waals surface area contributed by atoms with Crippen molar-refractivity contribution in [3.8, 4) is 6.01 Å². The lowest BCUT2D eigenvalue weighted by Crippen LogP contribution is -2.64. The molecule has 9 rings (SSSR count). The Balaban J connectivity index is 1.23. The highest BCUT2D eigenvalue weighted by Crippen LogP contribution is 2.48. The number of thiazole rings is 1. The number of morpholine rings is 1. The number of nitrogen functional groups attached to an aromatic ring is 1. The maximum absolute atomic E-state index is 15.0. The summed E-state index contributed by atoms with van der Waals surface area (Å²) >= 11 is 1.03. The fraction of sp³-hybridized carbons (Fsp3) is 0.581. The van der Waals surface area contributed by atoms with Crippen molar-refractivity contribution in [2.45, 2.75) is 73.3 Å². The molecule has 250 valence electrons. The summed E-state index contributed by atoms with van der Waals surface area (Å²) < 4.78 is 73.5. The van der Waals surface area contributed by atoms with Crippen molar-refractivity contribution in [1.82, 2.24) is 29.5 Å². The van der Waals surface area contributed by atoms with Crippen molar-refractivity contribution in [2.75, 3.05) is 56.6 Å². The lowest BCUT2D eigenvalue weighted by Gasteiger charge is -2.48. The van der Waals surface area contributed by atoms with E-state index in [4.69, 9.17) is 25.2 Å². The molecule has 3 N–H and O–H groups in total. The molecule has 1 aliphatic carbocycles. The van der Waals surface area contributed by atoms with Gasteiger partial charge in [0.2, 0.25) is 0 Å². The predicted molar refractivity (Wildman–Crippen MR) is 173 cm³/mol. The second-order valence-corrected chi connectivity index (χ2v) is 16.3. The molecule has 5 fully saturated rings. The van der Waals surface area contributed by atoms with Crippen LogP contribution in [0.15, 0.2) is 17.0 Å². The highest BCUT2D eigenvalue weighted by atomic mass is 32.2. The molecule has 2 aromatic heterocycles. The SMILES string of the molecule is Nc1nc2c(C3=Cc4nc(OC[C@@]56CCCN5C[C@H](F)C6)nc(N5C6CNCC5COC6)c4S(=O)(=O)N3C3CCC3)ccc(F)c2s1. The Hall–Kier alpha value is -3.18. The van der Waals surface area contributed by atoms with Crippen LogP contribution < -0.4 is 20.7 Å². The first-order valence-electron chi connectivity index (χ1n) is 16.3. The first-order chi connectivity index (χ1) is 22.7. The highest BCUT2D eigenvalue weighted by molar-refractivity contribution is 7.89. The van der Waals surface area contributed by atoms with E-state index in [1.54, 1.807) is 12.1 Å². The number of rotatable bonds is 6. The zero-order valence-corrected chi connectivity index (χ0v) is 27.3. The molecule has 6 aliphatic rings. The van der Waals surface area contributed by atoms with Crippen LogP contribution in [0.25, 0.3) is 22.0 Å². The summed E-state index contributed by atoms with van der Waals surface area (Å²) in [5, 5.41) is 3.63. The third-order valence-electron chi connectivity index (χ3n) is 10.7. The zero-order valence-electron chi connectivity index (χ0n) is 25.7. The van der Waals surface area contributed by atoms with Gasteiger partial charge in [-0.3, -0.25) is 9.21 Å². The number of alkyl halides is 1. The maximum atomic E-state index is 15.0. The van der Waals surface area contributed by atoms with Gasteiger partial charge >= 0.3 is 6.01 Å². The van der Waals surface area contributed by atoms with E-state index < -0.39 is 27.6 Å². The zero-order chi connectivity index (χ0) is 32.1. The van der Waals surface area contributed by atoms with Gasteiger partial charge in [-0.1, -0.05) is 11.3 Å². The van der Waals surface area contributed by atoms with Crippen LogP contribution in [0, 0.1) is 5.82 Å². The van der Waals surface area contributed by atoms with Crippen LogP contribution in [-0.2, 0) is 14.8 Å². The van der Waals surface area contributed by atoms with Crippen molar-refractivity contribution in [3.63, 3.8) is 0 Å². The quantitative estimate of drug-likeness (QED) is 0.396. The van der Waals surface area contributed by atoms with Crippen LogP contribution in [0.5, 0.6) is 6.01 Å². The fourth-order valence-electron chi connectivity index (χ4n) is 8.37. The number of piperazine rings is 1. The smallest absolute Gasteiger partial charge is 0.319 e. The molecule has 1 aromatic carbocycles. The average Bonchev–Trinajstić information content (AvgIpc) is 3.67. The normalized spacial score (nSPS) is 30.3. The number of nitrogens with two attached hydrogens (primary N) is 1. The van der Waals surface area contributed by atoms with Gasteiger partial charge in [-0.25, -0.2) is 22.2 Å². The van der Waals surface area contributed by atoms with Crippen molar-refractivity contribution in [2.24, 2.45) is 0 Å². The molecule has 4 atom stereocenters. The largest absolute Gasteiger partial charge is 0.461 e. The van der Waals surface area contributed by atoms with Crippen LogP contribution in [0.1, 0.15) is 49.8 Å². The molecule has 47 heavy (non-hydrogen) atoms. The molecule has 3 aromatic rings. The molecule has 0 amide bonds. The lowest BCUT2D eigenvalue weighted by molar-refractivity contribution is 0.0516. The van der Waals surface area contributed by atoms with Crippen molar-refractivity contribution >= 4 is 54.3 Å². The molecule has 2 bridgehead atoms. The van der Waals surface area contributed by atoms with Crippen LogP contribution >= 0.6 is 11.3 Å². The number of sulfonamides is 1. The van der Waals surface area contributed by atoms with Crippen molar-refractivity contribution in [1.29, 1.82) is 0 Å². The Morgan fingerprint density at radius 1 is 1.13 bits per heavy atom. The lowest BCUT2D eigenvalue weighted by atomic mass is 9.92. The Labute approximate surface area is 275 Å². The maximum Gasteiger partial charge on any atom is 0.319 e. The number of anilines is 2. The summed E-state index contributed by atoms with van der Waals surface area (Å²) in [6.07, 6.45) is 5.27. The van der Waals surface area contributed by atoms with Crippen molar-refractivity contribution < 1.29 is 26.7 Å². The predicted octanol–water partition coefficient (Wildman–Crippen LogP) is 2.99. The second kappa shape index (κ2) is 10.9. The Morgan fingerprint density at radius 2 is 1.94 bits per heavy atom. The molecular weight excluding hydrogens is 651 g/mol. The topological polar surface area (TPSA) is 139 Å². The van der Waals surface area contributed by atoms with E-state index in [0.29, 0.717) is 74.7 Å². The van der Waals surface area contributed by atoms with Gasteiger partial charge in [0.15, 0.2) is 15.8 Å². The van der Waals surface area contributed by atoms with E-state index in [-0.39, 0.29) is 51.2 Å². The van der Waals surface area contributed by atoms with Gasteiger partial charge in [0, 0.05) is 37.7 Å². The molecule has 7 heterocycles. The standard InChI is InChI=1S/C31H36F2N8O4S2/c32-17-10-31(7-2-8-39(31)13-17)16-45-30-36-23-9-24(21-5-6-22(33)26-25(21)37-29(34)46-26)41(18-3-1-4-18)47(42,43)27(23)28(38-30)40-19-11-35-12-20(40)15-44-14-19/h5-6,9,17-20,35H,1-4,7-8,10-16H2,(H2,34,37)/t17-,19?,20?,31+/m1/s1.